The van der Waals surface area contributed by atoms with E-state index >= 15 is 0 Å². The first-order valence-corrected chi connectivity index (χ1v) is 8.12. The summed E-state index contributed by atoms with van der Waals surface area (Å²) in [5.74, 6) is 0.195. The number of aromatic nitrogens is 2. The fourth-order valence-corrected chi connectivity index (χ4v) is 4.12. The van der Waals surface area contributed by atoms with Gasteiger partial charge in [0.15, 0.2) is 5.69 Å². The summed E-state index contributed by atoms with van der Waals surface area (Å²) in [5.41, 5.74) is 6.89. The SMILES string of the molecule is NC(=O)c1nn([C@@H]2CN3CCC2CC3)c2ccc(Br)cc12. The number of carbonyl (C=O) groups excluding carboxylic acids is 1. The van der Waals surface area contributed by atoms with Crippen LogP contribution in [0.5, 0.6) is 0 Å². The molecule has 0 saturated carbocycles. The molecular formula is C15H17BrN4O. The zero-order chi connectivity index (χ0) is 14.6. The number of rotatable bonds is 2. The summed E-state index contributed by atoms with van der Waals surface area (Å²) in [6.45, 7) is 3.40. The Balaban J connectivity index is 1.87. The van der Waals surface area contributed by atoms with Gasteiger partial charge in [-0.05, 0) is 50.0 Å². The van der Waals surface area contributed by atoms with Crippen LogP contribution in [0.2, 0.25) is 0 Å². The van der Waals surface area contributed by atoms with Gasteiger partial charge < -0.3 is 10.6 Å². The zero-order valence-electron chi connectivity index (χ0n) is 11.6. The molecule has 21 heavy (non-hydrogen) atoms. The van der Waals surface area contributed by atoms with Gasteiger partial charge in [0.2, 0.25) is 0 Å². The maximum atomic E-state index is 11.7. The van der Waals surface area contributed by atoms with E-state index in [1.807, 2.05) is 22.9 Å². The van der Waals surface area contributed by atoms with Gasteiger partial charge in [0.1, 0.15) is 0 Å². The number of nitrogens with zero attached hydrogens (tertiary/aromatic N) is 3. The second kappa shape index (κ2) is 4.81. The summed E-state index contributed by atoms with van der Waals surface area (Å²) in [6, 6.07) is 6.30. The molecule has 2 aromatic rings. The van der Waals surface area contributed by atoms with Gasteiger partial charge in [0.25, 0.3) is 5.91 Å². The monoisotopic (exact) mass is 348 g/mol. The first-order valence-electron chi connectivity index (χ1n) is 7.33. The molecule has 2 bridgehead atoms. The molecule has 0 spiro atoms. The Labute approximate surface area is 131 Å². The Morgan fingerprint density at radius 3 is 2.71 bits per heavy atom. The Morgan fingerprint density at radius 1 is 1.33 bits per heavy atom. The third-order valence-corrected chi connectivity index (χ3v) is 5.33. The van der Waals surface area contributed by atoms with Gasteiger partial charge in [0, 0.05) is 16.4 Å². The maximum absolute atomic E-state index is 11.7. The summed E-state index contributed by atoms with van der Waals surface area (Å²) >= 11 is 3.46. The molecule has 1 aromatic heterocycles. The van der Waals surface area contributed by atoms with Crippen molar-refractivity contribution >= 4 is 32.7 Å². The molecule has 4 heterocycles. The van der Waals surface area contributed by atoms with Gasteiger partial charge in [-0.15, -0.1) is 0 Å². The highest BCUT2D eigenvalue weighted by Crippen LogP contribution is 2.37. The molecule has 3 saturated heterocycles. The molecular weight excluding hydrogens is 332 g/mol. The number of nitrogens with two attached hydrogens (primary N) is 1. The summed E-state index contributed by atoms with van der Waals surface area (Å²) in [5, 5.41) is 5.41. The van der Waals surface area contributed by atoms with Crippen molar-refractivity contribution in [2.45, 2.75) is 18.9 Å². The molecule has 3 fully saturated rings. The predicted molar refractivity (Wildman–Crippen MR) is 84.2 cm³/mol. The van der Waals surface area contributed by atoms with E-state index in [2.05, 4.69) is 25.9 Å². The molecule has 2 N–H and O–H groups in total. The van der Waals surface area contributed by atoms with Gasteiger partial charge in [-0.2, -0.15) is 5.10 Å². The van der Waals surface area contributed by atoms with Gasteiger partial charge in [-0.3, -0.25) is 9.48 Å². The lowest BCUT2D eigenvalue weighted by Gasteiger charge is -2.44. The summed E-state index contributed by atoms with van der Waals surface area (Å²) in [7, 11) is 0. The topological polar surface area (TPSA) is 64.2 Å². The van der Waals surface area contributed by atoms with Crippen LogP contribution < -0.4 is 5.73 Å². The van der Waals surface area contributed by atoms with Crippen LogP contribution in [0.25, 0.3) is 10.9 Å². The zero-order valence-corrected chi connectivity index (χ0v) is 13.2. The molecule has 3 aliphatic heterocycles. The number of halogens is 1. The van der Waals surface area contributed by atoms with Crippen molar-refractivity contribution in [3.8, 4) is 0 Å². The number of benzene rings is 1. The van der Waals surface area contributed by atoms with Crippen molar-refractivity contribution in [3.05, 3.63) is 28.4 Å². The van der Waals surface area contributed by atoms with Crippen LogP contribution in [-0.4, -0.2) is 40.2 Å². The van der Waals surface area contributed by atoms with Crippen LogP contribution in [0, 0.1) is 5.92 Å². The Morgan fingerprint density at radius 2 is 2.10 bits per heavy atom. The van der Waals surface area contributed by atoms with E-state index in [1.165, 1.54) is 25.9 Å². The molecule has 1 aromatic carbocycles. The van der Waals surface area contributed by atoms with E-state index in [-0.39, 0.29) is 0 Å². The summed E-state index contributed by atoms with van der Waals surface area (Å²) in [6.07, 6.45) is 2.43. The van der Waals surface area contributed by atoms with E-state index < -0.39 is 5.91 Å². The normalized spacial score (nSPS) is 28.1. The van der Waals surface area contributed by atoms with Crippen LogP contribution in [0.3, 0.4) is 0 Å². The number of hydrogen-bond donors (Lipinski definition) is 1. The number of primary amides is 1. The highest BCUT2D eigenvalue weighted by atomic mass is 79.9. The van der Waals surface area contributed by atoms with Crippen molar-refractivity contribution in [2.75, 3.05) is 19.6 Å². The lowest BCUT2D eigenvalue weighted by Crippen LogP contribution is -2.48. The second-order valence-corrected chi connectivity index (χ2v) is 6.94. The van der Waals surface area contributed by atoms with E-state index in [0.717, 1.165) is 21.9 Å². The number of piperidine rings is 3. The van der Waals surface area contributed by atoms with Crippen molar-refractivity contribution in [3.63, 3.8) is 0 Å². The first kappa shape index (κ1) is 13.3. The number of fused-ring (bicyclic) bond motifs is 4. The third kappa shape index (κ3) is 2.08. The highest BCUT2D eigenvalue weighted by Gasteiger charge is 2.36. The standard InChI is InChI=1S/C15H17BrN4O/c16-10-1-2-12-11(7-10)14(15(17)21)18-20(12)13-8-19-5-3-9(13)4-6-19/h1-2,7,9,13H,3-6,8H2,(H2,17,21)/t13-/m1/s1. The minimum Gasteiger partial charge on any atom is -0.364 e. The quantitative estimate of drug-likeness (QED) is 0.904. The summed E-state index contributed by atoms with van der Waals surface area (Å²) < 4.78 is 2.98. The number of hydrogen-bond acceptors (Lipinski definition) is 3. The fraction of sp³-hybridized carbons (Fsp3) is 0.467. The lowest BCUT2D eigenvalue weighted by atomic mass is 9.84. The average Bonchev–Trinajstić information content (AvgIpc) is 2.87. The van der Waals surface area contributed by atoms with Crippen molar-refractivity contribution in [1.82, 2.24) is 14.7 Å². The Kier molecular flexibility index (Phi) is 3.04. The van der Waals surface area contributed by atoms with Crippen LogP contribution >= 0.6 is 15.9 Å². The maximum Gasteiger partial charge on any atom is 0.269 e. The molecule has 1 atom stereocenters. The van der Waals surface area contributed by atoms with Crippen LogP contribution in [0.1, 0.15) is 29.4 Å². The van der Waals surface area contributed by atoms with Gasteiger partial charge in [0.05, 0.1) is 11.6 Å². The average molecular weight is 349 g/mol. The molecule has 3 aliphatic rings. The molecule has 110 valence electrons. The lowest BCUT2D eigenvalue weighted by molar-refractivity contribution is 0.0531. The van der Waals surface area contributed by atoms with Crippen molar-refractivity contribution in [1.29, 1.82) is 0 Å². The van der Waals surface area contributed by atoms with Gasteiger partial charge in [-0.1, -0.05) is 15.9 Å². The van der Waals surface area contributed by atoms with E-state index in [4.69, 9.17) is 5.73 Å². The largest absolute Gasteiger partial charge is 0.364 e. The Bertz CT molecular complexity index is 718. The number of amides is 1. The first-order chi connectivity index (χ1) is 10.1. The van der Waals surface area contributed by atoms with Crippen LogP contribution in [0.4, 0.5) is 0 Å². The molecule has 0 aliphatic carbocycles. The fourth-order valence-electron chi connectivity index (χ4n) is 3.76. The van der Waals surface area contributed by atoms with Crippen molar-refractivity contribution < 1.29 is 4.79 Å². The minimum absolute atomic E-state index is 0.351. The Hall–Kier alpha value is -1.40. The summed E-state index contributed by atoms with van der Waals surface area (Å²) in [4.78, 5) is 14.2. The third-order valence-electron chi connectivity index (χ3n) is 4.84. The van der Waals surface area contributed by atoms with Gasteiger partial charge in [-0.25, -0.2) is 0 Å². The van der Waals surface area contributed by atoms with Crippen molar-refractivity contribution in [2.24, 2.45) is 11.7 Å². The molecule has 6 heteroatoms. The van der Waals surface area contributed by atoms with Crippen LogP contribution in [-0.2, 0) is 0 Å². The molecule has 1 amide bonds. The molecule has 0 unspecified atom stereocenters. The van der Waals surface area contributed by atoms with Gasteiger partial charge >= 0.3 is 0 Å². The predicted octanol–water partition coefficient (Wildman–Crippen LogP) is 2.16. The highest BCUT2D eigenvalue weighted by molar-refractivity contribution is 9.10. The van der Waals surface area contributed by atoms with Crippen LogP contribution in [0.15, 0.2) is 22.7 Å². The minimum atomic E-state index is -0.460. The molecule has 5 nitrogen and oxygen atoms in total. The number of carbonyl (C=O) groups is 1. The van der Waals surface area contributed by atoms with E-state index in [9.17, 15) is 4.79 Å². The molecule has 0 radical (unpaired) electrons. The van der Waals surface area contributed by atoms with E-state index in [0.29, 0.717) is 17.7 Å². The molecule has 5 rings (SSSR count). The second-order valence-electron chi connectivity index (χ2n) is 6.02. The smallest absolute Gasteiger partial charge is 0.269 e. The van der Waals surface area contributed by atoms with E-state index in [1.54, 1.807) is 0 Å².